The van der Waals surface area contributed by atoms with Gasteiger partial charge in [-0.05, 0) is 72.1 Å². The first-order valence-electron chi connectivity index (χ1n) is 11.9. The van der Waals surface area contributed by atoms with Crippen LogP contribution in [0.1, 0.15) is 48.8 Å². The second-order valence-corrected chi connectivity index (χ2v) is 12.7. The SMILES string of the molecule is CCC[Si@H]1CC[C@H](c2ccc(-c3ccc(CCc4ccc(F)c(F)c4)cc3)c(F)c2)CC1. The lowest BCUT2D eigenvalue weighted by atomic mass is 9.91. The van der Waals surface area contributed by atoms with Gasteiger partial charge in [-0.1, -0.05) is 73.9 Å². The third kappa shape index (κ3) is 5.53. The first-order valence-corrected chi connectivity index (χ1v) is 14.3. The maximum Gasteiger partial charge on any atom is 0.159 e. The number of aryl methyl sites for hydroxylation is 2. The quantitative estimate of drug-likeness (QED) is 0.318. The van der Waals surface area contributed by atoms with E-state index in [1.807, 2.05) is 30.3 Å². The second-order valence-electron chi connectivity index (χ2n) is 9.19. The molecule has 0 aliphatic carbocycles. The van der Waals surface area contributed by atoms with Gasteiger partial charge >= 0.3 is 0 Å². The molecule has 1 aliphatic rings. The van der Waals surface area contributed by atoms with Crippen LogP contribution < -0.4 is 0 Å². The fraction of sp³-hybridized carbons (Fsp3) is 0.357. The predicted molar refractivity (Wildman–Crippen MR) is 129 cm³/mol. The van der Waals surface area contributed by atoms with E-state index in [-0.39, 0.29) is 5.82 Å². The molecular formula is C28H31F3Si. The Morgan fingerprint density at radius 3 is 2.09 bits per heavy atom. The van der Waals surface area contributed by atoms with E-state index < -0.39 is 20.4 Å². The van der Waals surface area contributed by atoms with Crippen LogP contribution in [-0.4, -0.2) is 8.80 Å². The van der Waals surface area contributed by atoms with Gasteiger partial charge in [-0.3, -0.25) is 0 Å². The maximum atomic E-state index is 15.0. The molecule has 0 bridgehead atoms. The zero-order chi connectivity index (χ0) is 22.5. The summed E-state index contributed by atoms with van der Waals surface area (Å²) in [4.78, 5) is 0. The topological polar surface area (TPSA) is 0 Å². The summed E-state index contributed by atoms with van der Waals surface area (Å²) in [6, 6.07) is 21.9. The highest BCUT2D eigenvalue weighted by atomic mass is 28.3. The van der Waals surface area contributed by atoms with Gasteiger partial charge in [0.05, 0.1) is 0 Å². The van der Waals surface area contributed by atoms with E-state index in [0.29, 0.717) is 17.9 Å². The van der Waals surface area contributed by atoms with E-state index in [4.69, 9.17) is 0 Å². The normalized spacial score (nSPS) is 18.6. The number of benzene rings is 3. The van der Waals surface area contributed by atoms with Crippen LogP contribution >= 0.6 is 0 Å². The number of hydrogen-bond donors (Lipinski definition) is 0. The number of rotatable bonds is 7. The fourth-order valence-electron chi connectivity index (χ4n) is 5.05. The predicted octanol–water partition coefficient (Wildman–Crippen LogP) is 8.07. The Balaban J connectivity index is 1.39. The van der Waals surface area contributed by atoms with Gasteiger partial charge in [0.15, 0.2) is 11.6 Å². The summed E-state index contributed by atoms with van der Waals surface area (Å²) in [7, 11) is -0.525. The third-order valence-corrected chi connectivity index (χ3v) is 10.7. The van der Waals surface area contributed by atoms with Crippen molar-refractivity contribution < 1.29 is 13.2 Å². The van der Waals surface area contributed by atoms with Crippen LogP contribution in [0.3, 0.4) is 0 Å². The Labute approximate surface area is 191 Å². The van der Waals surface area contributed by atoms with Crippen LogP contribution in [0.25, 0.3) is 11.1 Å². The largest absolute Gasteiger partial charge is 0.206 e. The van der Waals surface area contributed by atoms with Crippen molar-refractivity contribution in [2.24, 2.45) is 0 Å². The summed E-state index contributed by atoms with van der Waals surface area (Å²) >= 11 is 0. The third-order valence-electron chi connectivity index (χ3n) is 6.96. The van der Waals surface area contributed by atoms with Crippen LogP contribution in [-0.2, 0) is 12.8 Å². The van der Waals surface area contributed by atoms with Crippen molar-refractivity contribution >= 4 is 8.80 Å². The highest BCUT2D eigenvalue weighted by Gasteiger charge is 2.23. The minimum Gasteiger partial charge on any atom is -0.206 e. The molecule has 1 heterocycles. The van der Waals surface area contributed by atoms with Crippen LogP contribution in [0.4, 0.5) is 13.2 Å². The molecular weight excluding hydrogens is 421 g/mol. The summed E-state index contributed by atoms with van der Waals surface area (Å²) in [5, 5.41) is 0. The molecule has 0 nitrogen and oxygen atoms in total. The van der Waals surface area contributed by atoms with Crippen LogP contribution in [0.2, 0.25) is 18.1 Å². The van der Waals surface area contributed by atoms with Gasteiger partial charge < -0.3 is 0 Å². The summed E-state index contributed by atoms with van der Waals surface area (Å²) in [6.45, 7) is 2.28. The summed E-state index contributed by atoms with van der Waals surface area (Å²) in [5.41, 5.74) is 4.50. The Morgan fingerprint density at radius 1 is 0.750 bits per heavy atom. The summed E-state index contributed by atoms with van der Waals surface area (Å²) in [6.07, 6.45) is 5.11. The maximum absolute atomic E-state index is 15.0. The zero-order valence-corrected chi connectivity index (χ0v) is 19.9. The van der Waals surface area contributed by atoms with E-state index >= 15 is 0 Å². The molecule has 4 rings (SSSR count). The molecule has 32 heavy (non-hydrogen) atoms. The molecule has 0 amide bonds. The first kappa shape index (κ1) is 22.8. The monoisotopic (exact) mass is 452 g/mol. The molecule has 3 aromatic carbocycles. The molecule has 0 atom stereocenters. The van der Waals surface area contributed by atoms with E-state index in [1.165, 1.54) is 49.5 Å². The van der Waals surface area contributed by atoms with E-state index in [1.54, 1.807) is 12.1 Å². The van der Waals surface area contributed by atoms with E-state index in [2.05, 4.69) is 13.0 Å². The smallest absolute Gasteiger partial charge is 0.159 e. The molecule has 1 aliphatic heterocycles. The molecule has 1 saturated heterocycles. The lowest BCUT2D eigenvalue weighted by Crippen LogP contribution is -2.20. The highest BCUT2D eigenvalue weighted by molar-refractivity contribution is 6.59. The van der Waals surface area contributed by atoms with Gasteiger partial charge in [0, 0.05) is 14.4 Å². The van der Waals surface area contributed by atoms with Crippen molar-refractivity contribution in [3.05, 3.63) is 94.8 Å². The van der Waals surface area contributed by atoms with E-state index in [0.717, 1.165) is 28.7 Å². The van der Waals surface area contributed by atoms with Gasteiger partial charge in [-0.2, -0.15) is 0 Å². The molecule has 0 spiro atoms. The fourth-order valence-corrected chi connectivity index (χ4v) is 8.48. The minimum absolute atomic E-state index is 0.148. The lowest BCUT2D eigenvalue weighted by Gasteiger charge is -2.28. The molecule has 0 radical (unpaired) electrons. The number of halogens is 3. The summed E-state index contributed by atoms with van der Waals surface area (Å²) < 4.78 is 41.4. The Morgan fingerprint density at radius 2 is 1.44 bits per heavy atom. The molecule has 168 valence electrons. The Hall–Kier alpha value is -2.33. The van der Waals surface area contributed by atoms with Crippen LogP contribution in [0.15, 0.2) is 60.7 Å². The lowest BCUT2D eigenvalue weighted by molar-refractivity contribution is 0.507. The molecule has 1 fully saturated rings. The zero-order valence-electron chi connectivity index (χ0n) is 18.7. The molecule has 4 heteroatoms. The molecule has 0 saturated carbocycles. The average Bonchev–Trinajstić information content (AvgIpc) is 2.81. The highest BCUT2D eigenvalue weighted by Crippen LogP contribution is 2.36. The molecule has 3 aromatic rings. The van der Waals surface area contributed by atoms with Crippen molar-refractivity contribution in [1.82, 2.24) is 0 Å². The first-order chi connectivity index (χ1) is 15.5. The Kier molecular flexibility index (Phi) is 7.51. The second kappa shape index (κ2) is 10.5. The van der Waals surface area contributed by atoms with Crippen molar-refractivity contribution in [2.45, 2.75) is 63.1 Å². The van der Waals surface area contributed by atoms with Crippen molar-refractivity contribution in [3.8, 4) is 11.1 Å². The van der Waals surface area contributed by atoms with Crippen molar-refractivity contribution in [3.63, 3.8) is 0 Å². The van der Waals surface area contributed by atoms with Crippen LogP contribution in [0.5, 0.6) is 0 Å². The minimum atomic E-state index is -0.822. The standard InChI is InChI=1S/C28H31F3Si/c1-2-15-32-16-13-22(14-17-32)24-10-11-25(27(30)19-24)23-8-5-20(6-9-23)3-4-21-7-12-26(29)28(31)18-21/h5-12,18-19,22,32H,2-4,13-17H2,1H3/t22-,32-. The van der Waals surface area contributed by atoms with E-state index in [9.17, 15) is 13.2 Å². The summed E-state index contributed by atoms with van der Waals surface area (Å²) in [5.74, 6) is -1.27. The van der Waals surface area contributed by atoms with Crippen molar-refractivity contribution in [1.29, 1.82) is 0 Å². The van der Waals surface area contributed by atoms with Gasteiger partial charge in [-0.25, -0.2) is 13.2 Å². The molecule has 0 aromatic heterocycles. The van der Waals surface area contributed by atoms with Gasteiger partial charge in [-0.15, -0.1) is 0 Å². The number of hydrogen-bond acceptors (Lipinski definition) is 0. The van der Waals surface area contributed by atoms with Gasteiger partial charge in [0.25, 0.3) is 0 Å². The van der Waals surface area contributed by atoms with Crippen LogP contribution in [0, 0.1) is 17.5 Å². The average molecular weight is 453 g/mol. The van der Waals surface area contributed by atoms with Crippen molar-refractivity contribution in [2.75, 3.05) is 0 Å². The Bertz CT molecular complexity index is 1040. The molecule has 0 N–H and O–H groups in total. The molecule has 0 unspecified atom stereocenters. The van der Waals surface area contributed by atoms with Gasteiger partial charge in [0.1, 0.15) is 5.82 Å². The van der Waals surface area contributed by atoms with Gasteiger partial charge in [0.2, 0.25) is 0 Å².